The number of nitrogens with one attached hydrogen (secondary N) is 1. The van der Waals surface area contributed by atoms with E-state index >= 15 is 0 Å². The molecule has 1 amide bonds. The Hall–Kier alpha value is -2.57. The molecule has 2 unspecified atom stereocenters. The number of anilines is 3. The maximum Gasteiger partial charge on any atom is 0.247 e. The molecule has 7 nitrogen and oxygen atoms in total. The average molecular weight is 314 g/mol. The molecule has 122 valence electrons. The van der Waals surface area contributed by atoms with E-state index in [9.17, 15) is 4.79 Å². The fourth-order valence-electron chi connectivity index (χ4n) is 3.04. The van der Waals surface area contributed by atoms with Crippen molar-refractivity contribution in [1.29, 1.82) is 0 Å². The van der Waals surface area contributed by atoms with Crippen molar-refractivity contribution in [1.82, 2.24) is 14.8 Å². The van der Waals surface area contributed by atoms with Gasteiger partial charge in [0.15, 0.2) is 0 Å². The van der Waals surface area contributed by atoms with Crippen LogP contribution in [0.15, 0.2) is 24.3 Å². The number of carbonyl (C=O) groups is 1. The Morgan fingerprint density at radius 3 is 2.83 bits per heavy atom. The number of nitrogen functional groups attached to an aromatic ring is 1. The monoisotopic (exact) mass is 314 g/mol. The molecule has 2 heterocycles. The Labute approximate surface area is 135 Å². The second-order valence-corrected chi connectivity index (χ2v) is 6.00. The quantitative estimate of drug-likeness (QED) is 0.901. The lowest BCUT2D eigenvalue weighted by Gasteiger charge is -2.32. The second kappa shape index (κ2) is 5.91. The number of amides is 1. The largest absolute Gasteiger partial charge is 0.366 e. The van der Waals surface area contributed by atoms with Gasteiger partial charge in [0.1, 0.15) is 6.04 Å². The standard InChI is InChI=1S/C16H22N6O/c1-4-10(2)13-14(23)18-12-8-6-5-7-11(12)9-22(13)16-19-15(17)20-21(16)3/h5-8,10,13H,4,9H2,1-3H3,(H2,17,20)(H,18,23). The Morgan fingerprint density at radius 2 is 2.17 bits per heavy atom. The number of nitrogens with two attached hydrogens (primary N) is 1. The van der Waals surface area contributed by atoms with Crippen molar-refractivity contribution in [2.24, 2.45) is 13.0 Å². The molecule has 23 heavy (non-hydrogen) atoms. The normalized spacial score (nSPS) is 19.0. The predicted octanol–water partition coefficient (Wildman–Crippen LogP) is 1.77. The van der Waals surface area contributed by atoms with Crippen LogP contribution >= 0.6 is 0 Å². The van der Waals surface area contributed by atoms with Crippen molar-refractivity contribution < 1.29 is 4.79 Å². The predicted molar refractivity (Wildman–Crippen MR) is 89.9 cm³/mol. The van der Waals surface area contributed by atoms with Crippen LogP contribution in [0.3, 0.4) is 0 Å². The van der Waals surface area contributed by atoms with Crippen molar-refractivity contribution in [2.45, 2.75) is 32.9 Å². The zero-order chi connectivity index (χ0) is 16.6. The molecule has 0 saturated heterocycles. The van der Waals surface area contributed by atoms with E-state index in [4.69, 9.17) is 5.73 Å². The summed E-state index contributed by atoms with van der Waals surface area (Å²) in [5.74, 6) is 0.969. The number of carbonyl (C=O) groups excluding carboxylic acids is 1. The summed E-state index contributed by atoms with van der Waals surface area (Å²) >= 11 is 0. The van der Waals surface area contributed by atoms with Crippen LogP contribution in [-0.2, 0) is 18.4 Å². The first-order valence-corrected chi connectivity index (χ1v) is 7.83. The Balaban J connectivity index is 2.10. The van der Waals surface area contributed by atoms with E-state index in [1.165, 1.54) is 0 Å². The summed E-state index contributed by atoms with van der Waals surface area (Å²) in [6.07, 6.45) is 0.887. The molecule has 2 atom stereocenters. The number of hydrogen-bond donors (Lipinski definition) is 2. The molecular formula is C16H22N6O. The minimum Gasteiger partial charge on any atom is -0.366 e. The summed E-state index contributed by atoms with van der Waals surface area (Å²) in [7, 11) is 1.79. The number of fused-ring (bicyclic) bond motifs is 1. The van der Waals surface area contributed by atoms with Crippen LogP contribution in [0.1, 0.15) is 25.8 Å². The first-order chi connectivity index (χ1) is 11.0. The lowest BCUT2D eigenvalue weighted by atomic mass is 9.97. The summed E-state index contributed by atoms with van der Waals surface area (Å²) in [5, 5.41) is 7.17. The van der Waals surface area contributed by atoms with Crippen molar-refractivity contribution in [3.8, 4) is 0 Å². The van der Waals surface area contributed by atoms with Crippen LogP contribution in [0.25, 0.3) is 0 Å². The van der Waals surface area contributed by atoms with Gasteiger partial charge >= 0.3 is 0 Å². The number of nitrogens with zero attached hydrogens (tertiary/aromatic N) is 4. The summed E-state index contributed by atoms with van der Waals surface area (Å²) in [5.41, 5.74) is 7.64. The Bertz CT molecular complexity index is 725. The lowest BCUT2D eigenvalue weighted by Crippen LogP contribution is -2.47. The maximum absolute atomic E-state index is 12.8. The van der Waals surface area contributed by atoms with Crippen molar-refractivity contribution in [3.63, 3.8) is 0 Å². The van der Waals surface area contributed by atoms with Gasteiger partial charge in [-0.2, -0.15) is 4.98 Å². The number of para-hydroxylation sites is 1. The fraction of sp³-hybridized carbons (Fsp3) is 0.438. The molecule has 1 aromatic heterocycles. The summed E-state index contributed by atoms with van der Waals surface area (Å²) in [6.45, 7) is 4.74. The summed E-state index contributed by atoms with van der Waals surface area (Å²) < 4.78 is 1.63. The van der Waals surface area contributed by atoms with Crippen LogP contribution in [0, 0.1) is 5.92 Å². The van der Waals surface area contributed by atoms with Gasteiger partial charge in [0.25, 0.3) is 0 Å². The number of aryl methyl sites for hydroxylation is 1. The fourth-order valence-corrected chi connectivity index (χ4v) is 3.04. The average Bonchev–Trinajstić information content (AvgIpc) is 2.78. The third-order valence-corrected chi connectivity index (χ3v) is 4.42. The molecule has 3 N–H and O–H groups in total. The minimum atomic E-state index is -0.324. The van der Waals surface area contributed by atoms with Gasteiger partial charge in [0, 0.05) is 19.3 Å². The molecule has 0 aliphatic carbocycles. The van der Waals surface area contributed by atoms with Gasteiger partial charge in [-0.3, -0.25) is 4.79 Å². The summed E-state index contributed by atoms with van der Waals surface area (Å²) in [6, 6.07) is 7.51. The molecule has 1 aliphatic rings. The molecule has 0 spiro atoms. The molecule has 1 aliphatic heterocycles. The van der Waals surface area contributed by atoms with Crippen LogP contribution in [-0.4, -0.2) is 26.7 Å². The van der Waals surface area contributed by atoms with E-state index in [1.54, 1.807) is 11.7 Å². The van der Waals surface area contributed by atoms with Gasteiger partial charge in [-0.25, -0.2) is 4.68 Å². The first-order valence-electron chi connectivity index (χ1n) is 7.83. The third-order valence-electron chi connectivity index (χ3n) is 4.42. The number of aromatic nitrogens is 3. The van der Waals surface area contributed by atoms with Crippen LogP contribution in [0.4, 0.5) is 17.6 Å². The highest BCUT2D eigenvalue weighted by Gasteiger charge is 2.36. The van der Waals surface area contributed by atoms with E-state index in [0.717, 1.165) is 17.7 Å². The van der Waals surface area contributed by atoms with Crippen LogP contribution < -0.4 is 16.0 Å². The molecule has 0 saturated carbocycles. The molecule has 1 aromatic carbocycles. The van der Waals surface area contributed by atoms with Crippen molar-refractivity contribution in [2.75, 3.05) is 16.0 Å². The molecule has 7 heteroatoms. The summed E-state index contributed by atoms with van der Waals surface area (Å²) in [4.78, 5) is 19.2. The molecule has 0 fully saturated rings. The Kier molecular flexibility index (Phi) is 3.94. The zero-order valence-corrected chi connectivity index (χ0v) is 13.7. The molecule has 0 radical (unpaired) electrons. The van der Waals surface area contributed by atoms with E-state index in [2.05, 4.69) is 29.2 Å². The van der Waals surface area contributed by atoms with E-state index in [-0.39, 0.29) is 23.8 Å². The highest BCUT2D eigenvalue weighted by atomic mass is 16.2. The van der Waals surface area contributed by atoms with Gasteiger partial charge in [-0.15, -0.1) is 5.10 Å². The minimum absolute atomic E-state index is 0.0223. The number of hydrogen-bond acceptors (Lipinski definition) is 5. The topological polar surface area (TPSA) is 89.1 Å². The smallest absolute Gasteiger partial charge is 0.247 e. The number of benzene rings is 1. The van der Waals surface area contributed by atoms with Crippen LogP contribution in [0.2, 0.25) is 0 Å². The highest BCUT2D eigenvalue weighted by Crippen LogP contribution is 2.30. The SMILES string of the molecule is CCC(C)C1C(=O)Nc2ccccc2CN1c1nc(N)nn1C. The molecule has 2 aromatic rings. The van der Waals surface area contributed by atoms with E-state index in [0.29, 0.717) is 12.5 Å². The van der Waals surface area contributed by atoms with Crippen molar-refractivity contribution in [3.05, 3.63) is 29.8 Å². The third kappa shape index (κ3) is 2.74. The van der Waals surface area contributed by atoms with Crippen LogP contribution in [0.5, 0.6) is 0 Å². The highest BCUT2D eigenvalue weighted by molar-refractivity contribution is 5.98. The second-order valence-electron chi connectivity index (χ2n) is 6.00. The van der Waals surface area contributed by atoms with E-state index in [1.807, 2.05) is 29.2 Å². The van der Waals surface area contributed by atoms with Gasteiger partial charge in [0.05, 0.1) is 0 Å². The first kappa shape index (κ1) is 15.3. The van der Waals surface area contributed by atoms with E-state index < -0.39 is 0 Å². The van der Waals surface area contributed by atoms with Gasteiger partial charge < -0.3 is 16.0 Å². The van der Waals surface area contributed by atoms with Gasteiger partial charge in [0.2, 0.25) is 17.8 Å². The number of rotatable bonds is 3. The van der Waals surface area contributed by atoms with Gasteiger partial charge in [-0.1, -0.05) is 38.5 Å². The maximum atomic E-state index is 12.8. The van der Waals surface area contributed by atoms with Gasteiger partial charge in [-0.05, 0) is 17.5 Å². The molecule has 3 rings (SSSR count). The van der Waals surface area contributed by atoms with Crippen molar-refractivity contribution >= 4 is 23.5 Å². The Morgan fingerprint density at radius 1 is 1.43 bits per heavy atom. The molecular weight excluding hydrogens is 292 g/mol. The zero-order valence-electron chi connectivity index (χ0n) is 13.7. The lowest BCUT2D eigenvalue weighted by molar-refractivity contribution is -0.118. The molecule has 0 bridgehead atoms.